The van der Waals surface area contributed by atoms with Crippen LogP contribution < -0.4 is 0 Å². The van der Waals surface area contributed by atoms with Gasteiger partial charge in [0.05, 0.1) is 17.6 Å². The number of hydrogen-bond acceptors (Lipinski definition) is 3. The van der Waals surface area contributed by atoms with Crippen LogP contribution in [0.25, 0.3) is 5.69 Å². The summed E-state index contributed by atoms with van der Waals surface area (Å²) < 4.78 is 15.3. The molecule has 0 fully saturated rings. The van der Waals surface area contributed by atoms with Crippen molar-refractivity contribution in [2.45, 2.75) is 6.42 Å². The largest absolute Gasteiger partial charge is 0.396 e. The number of halogens is 2. The van der Waals surface area contributed by atoms with E-state index >= 15 is 0 Å². The lowest BCUT2D eigenvalue weighted by atomic mass is 10.3. The van der Waals surface area contributed by atoms with E-state index in [0.29, 0.717) is 17.8 Å². The molecule has 4 nitrogen and oxygen atoms in total. The number of rotatable bonds is 3. The molecule has 84 valence electrons. The van der Waals surface area contributed by atoms with Crippen LogP contribution in [0.3, 0.4) is 0 Å². The van der Waals surface area contributed by atoms with Crippen LogP contribution in [0.15, 0.2) is 28.9 Å². The summed E-state index contributed by atoms with van der Waals surface area (Å²) in [7, 11) is 0. The molecule has 16 heavy (non-hydrogen) atoms. The Morgan fingerprint density at radius 1 is 1.44 bits per heavy atom. The Bertz CT molecular complexity index is 501. The second kappa shape index (κ2) is 4.71. The molecule has 2 aromatic rings. The van der Waals surface area contributed by atoms with Crippen molar-refractivity contribution in [2.75, 3.05) is 6.61 Å². The van der Waals surface area contributed by atoms with E-state index in [1.54, 1.807) is 12.3 Å². The monoisotopic (exact) mass is 285 g/mol. The number of aromatic nitrogens is 3. The number of hydrogen-bond donors (Lipinski definition) is 1. The van der Waals surface area contributed by atoms with Gasteiger partial charge in [-0.25, -0.2) is 9.07 Å². The van der Waals surface area contributed by atoms with Gasteiger partial charge in [-0.05, 0) is 28.1 Å². The van der Waals surface area contributed by atoms with Crippen molar-refractivity contribution in [3.05, 3.63) is 40.4 Å². The third kappa shape index (κ3) is 2.28. The molecule has 0 aliphatic carbocycles. The molecule has 0 bridgehead atoms. The highest BCUT2D eigenvalue weighted by atomic mass is 79.9. The van der Waals surface area contributed by atoms with Gasteiger partial charge < -0.3 is 5.11 Å². The van der Waals surface area contributed by atoms with Crippen molar-refractivity contribution < 1.29 is 9.50 Å². The molecule has 1 aromatic heterocycles. The van der Waals surface area contributed by atoms with Crippen LogP contribution in [0, 0.1) is 5.82 Å². The minimum absolute atomic E-state index is 0.0169. The first-order valence-electron chi connectivity index (χ1n) is 4.68. The molecule has 2 rings (SSSR count). The Morgan fingerprint density at radius 2 is 2.25 bits per heavy atom. The van der Waals surface area contributed by atoms with E-state index in [4.69, 9.17) is 5.11 Å². The molecule has 0 aliphatic rings. The van der Waals surface area contributed by atoms with Crippen molar-refractivity contribution in [1.82, 2.24) is 15.0 Å². The summed E-state index contributed by atoms with van der Waals surface area (Å²) in [6, 6.07) is 4.33. The van der Waals surface area contributed by atoms with Crippen LogP contribution in [-0.4, -0.2) is 26.7 Å². The van der Waals surface area contributed by atoms with Crippen molar-refractivity contribution in [1.29, 1.82) is 0 Å². The molecule has 1 aromatic carbocycles. The first-order valence-corrected chi connectivity index (χ1v) is 5.47. The van der Waals surface area contributed by atoms with E-state index in [2.05, 4.69) is 26.2 Å². The lowest BCUT2D eigenvalue weighted by molar-refractivity contribution is 0.298. The van der Waals surface area contributed by atoms with Crippen LogP contribution in [0.2, 0.25) is 0 Å². The second-order valence-corrected chi connectivity index (χ2v) is 4.08. The van der Waals surface area contributed by atoms with Crippen LogP contribution >= 0.6 is 15.9 Å². The van der Waals surface area contributed by atoms with E-state index in [1.165, 1.54) is 16.8 Å². The van der Waals surface area contributed by atoms with Gasteiger partial charge in [0.2, 0.25) is 0 Å². The van der Waals surface area contributed by atoms with Gasteiger partial charge in [-0.1, -0.05) is 5.21 Å². The minimum atomic E-state index is -0.336. The van der Waals surface area contributed by atoms with E-state index in [0.717, 1.165) is 4.47 Å². The zero-order valence-corrected chi connectivity index (χ0v) is 9.85. The summed E-state index contributed by atoms with van der Waals surface area (Å²) >= 11 is 3.31. The van der Waals surface area contributed by atoms with Crippen LogP contribution in [0.4, 0.5) is 4.39 Å². The van der Waals surface area contributed by atoms with Gasteiger partial charge in [-0.2, -0.15) is 0 Å². The van der Waals surface area contributed by atoms with E-state index in [1.807, 2.05) is 0 Å². The van der Waals surface area contributed by atoms with Crippen LogP contribution in [0.5, 0.6) is 0 Å². The zero-order valence-electron chi connectivity index (χ0n) is 8.27. The Morgan fingerprint density at radius 3 is 3.00 bits per heavy atom. The average Bonchev–Trinajstić information content (AvgIpc) is 2.71. The minimum Gasteiger partial charge on any atom is -0.396 e. The first-order chi connectivity index (χ1) is 7.70. The first kappa shape index (κ1) is 11.2. The second-order valence-electron chi connectivity index (χ2n) is 3.22. The Labute approximate surface area is 99.8 Å². The fraction of sp³-hybridized carbons (Fsp3) is 0.200. The smallest absolute Gasteiger partial charge is 0.125 e. The van der Waals surface area contributed by atoms with Gasteiger partial charge in [-0.15, -0.1) is 5.10 Å². The topological polar surface area (TPSA) is 50.9 Å². The Hall–Kier alpha value is -1.27. The molecule has 0 aliphatic heterocycles. The predicted molar refractivity (Wildman–Crippen MR) is 59.8 cm³/mol. The Kier molecular flexibility index (Phi) is 3.31. The van der Waals surface area contributed by atoms with Crippen LogP contribution in [0.1, 0.15) is 5.69 Å². The molecular formula is C10H9BrFN3O. The molecule has 0 atom stereocenters. The van der Waals surface area contributed by atoms with Crippen molar-refractivity contribution >= 4 is 15.9 Å². The normalized spacial score (nSPS) is 10.7. The summed E-state index contributed by atoms with van der Waals surface area (Å²) in [6.45, 7) is 0.0169. The van der Waals surface area contributed by atoms with Gasteiger partial charge in [-0.3, -0.25) is 0 Å². The molecule has 0 saturated heterocycles. The highest BCUT2D eigenvalue weighted by Crippen LogP contribution is 2.21. The van der Waals surface area contributed by atoms with E-state index < -0.39 is 0 Å². The average molecular weight is 286 g/mol. The molecule has 1 N–H and O–H groups in total. The number of aliphatic hydroxyl groups excluding tert-OH is 1. The molecule has 0 amide bonds. The highest BCUT2D eigenvalue weighted by molar-refractivity contribution is 9.10. The standard InChI is InChI=1S/C10H9BrFN3O/c11-9-2-1-7(12)5-10(9)15-6-8(3-4-16)13-14-15/h1-2,5-6,16H,3-4H2. The number of nitrogens with zero attached hydrogens (tertiary/aromatic N) is 3. The van der Waals surface area contributed by atoms with Gasteiger partial charge in [0.15, 0.2) is 0 Å². The molecular weight excluding hydrogens is 277 g/mol. The highest BCUT2D eigenvalue weighted by Gasteiger charge is 2.07. The van der Waals surface area contributed by atoms with Gasteiger partial charge in [0.25, 0.3) is 0 Å². The third-order valence-electron chi connectivity index (χ3n) is 2.06. The maximum atomic E-state index is 13.1. The maximum Gasteiger partial charge on any atom is 0.125 e. The quantitative estimate of drug-likeness (QED) is 0.934. The molecule has 0 saturated carbocycles. The number of benzene rings is 1. The molecule has 1 heterocycles. The number of aliphatic hydroxyl groups is 1. The molecule has 0 radical (unpaired) electrons. The predicted octanol–water partition coefficient (Wildman–Crippen LogP) is 1.70. The van der Waals surface area contributed by atoms with Crippen molar-refractivity contribution in [3.8, 4) is 5.69 Å². The summed E-state index contributed by atoms with van der Waals surface area (Å²) in [5.41, 5.74) is 1.25. The third-order valence-corrected chi connectivity index (χ3v) is 2.73. The zero-order chi connectivity index (χ0) is 11.5. The van der Waals surface area contributed by atoms with Gasteiger partial charge in [0, 0.05) is 23.6 Å². The lowest BCUT2D eigenvalue weighted by Gasteiger charge is -2.02. The lowest BCUT2D eigenvalue weighted by Crippen LogP contribution is -1.96. The summed E-state index contributed by atoms with van der Waals surface area (Å²) in [5.74, 6) is -0.336. The summed E-state index contributed by atoms with van der Waals surface area (Å²) in [4.78, 5) is 0. The fourth-order valence-electron chi connectivity index (χ4n) is 1.31. The molecule has 0 spiro atoms. The van der Waals surface area contributed by atoms with Crippen LogP contribution in [-0.2, 0) is 6.42 Å². The van der Waals surface area contributed by atoms with Crippen molar-refractivity contribution in [2.24, 2.45) is 0 Å². The van der Waals surface area contributed by atoms with E-state index in [9.17, 15) is 4.39 Å². The maximum absolute atomic E-state index is 13.1. The van der Waals surface area contributed by atoms with E-state index in [-0.39, 0.29) is 12.4 Å². The van der Waals surface area contributed by atoms with Crippen molar-refractivity contribution in [3.63, 3.8) is 0 Å². The summed E-state index contributed by atoms with van der Waals surface area (Å²) in [5, 5.41) is 16.5. The fourth-order valence-corrected chi connectivity index (χ4v) is 1.73. The SMILES string of the molecule is OCCc1cn(-c2cc(F)ccc2Br)nn1. The molecule has 6 heteroatoms. The Balaban J connectivity index is 2.38. The van der Waals surface area contributed by atoms with Gasteiger partial charge in [0.1, 0.15) is 5.82 Å². The van der Waals surface area contributed by atoms with Gasteiger partial charge >= 0.3 is 0 Å². The molecule has 0 unspecified atom stereocenters. The summed E-state index contributed by atoms with van der Waals surface area (Å²) in [6.07, 6.45) is 2.10.